The zero-order chi connectivity index (χ0) is 12.9. The van der Waals surface area contributed by atoms with Crippen molar-refractivity contribution in [2.45, 2.75) is 32.6 Å². The molecule has 2 aromatic rings. The Kier molecular flexibility index (Phi) is 2.87. The summed E-state index contributed by atoms with van der Waals surface area (Å²) in [7, 11) is 0. The number of aromatic nitrogens is 1. The molecule has 0 spiro atoms. The van der Waals surface area contributed by atoms with Crippen LogP contribution in [0.15, 0.2) is 10.9 Å². The zero-order valence-corrected chi connectivity index (χ0v) is 11.6. The van der Waals surface area contributed by atoms with Crippen molar-refractivity contribution >= 4 is 34.1 Å². The Morgan fingerprint density at radius 2 is 1.94 bits per heavy atom. The standard InChI is InChI=1S/C14H13Cl2NO/c1-7-6-9(15)13-11(12(7)16)14(18)8-4-2-3-5-10(8)17-13/h6H,2-5H2,1H3,(H,17,18). The van der Waals surface area contributed by atoms with Gasteiger partial charge in [-0.05, 0) is 44.2 Å². The fourth-order valence-electron chi connectivity index (χ4n) is 2.68. The third kappa shape index (κ3) is 1.67. The van der Waals surface area contributed by atoms with Gasteiger partial charge in [-0.1, -0.05) is 23.2 Å². The molecule has 94 valence electrons. The molecule has 0 bridgehead atoms. The van der Waals surface area contributed by atoms with Crippen molar-refractivity contribution in [2.75, 3.05) is 0 Å². The first-order valence-electron chi connectivity index (χ1n) is 6.12. The van der Waals surface area contributed by atoms with Crippen molar-refractivity contribution in [3.8, 4) is 0 Å². The van der Waals surface area contributed by atoms with Gasteiger partial charge in [-0.25, -0.2) is 0 Å². The van der Waals surface area contributed by atoms with Gasteiger partial charge in [0.25, 0.3) is 0 Å². The number of benzene rings is 1. The van der Waals surface area contributed by atoms with Crippen LogP contribution in [-0.4, -0.2) is 4.98 Å². The minimum atomic E-state index is 0.0500. The first kappa shape index (κ1) is 12.1. The van der Waals surface area contributed by atoms with E-state index in [9.17, 15) is 4.79 Å². The van der Waals surface area contributed by atoms with Crippen molar-refractivity contribution in [2.24, 2.45) is 0 Å². The van der Waals surface area contributed by atoms with Crippen LogP contribution < -0.4 is 5.43 Å². The first-order valence-corrected chi connectivity index (χ1v) is 6.87. The Morgan fingerprint density at radius 3 is 2.72 bits per heavy atom. The largest absolute Gasteiger partial charge is 0.357 e. The molecule has 0 aliphatic heterocycles. The third-order valence-electron chi connectivity index (χ3n) is 3.64. The van der Waals surface area contributed by atoms with E-state index < -0.39 is 0 Å². The molecule has 0 unspecified atom stereocenters. The van der Waals surface area contributed by atoms with Crippen molar-refractivity contribution in [1.29, 1.82) is 0 Å². The highest BCUT2D eigenvalue weighted by Crippen LogP contribution is 2.31. The molecule has 1 heterocycles. The number of rotatable bonds is 0. The lowest BCUT2D eigenvalue weighted by molar-refractivity contribution is 0.667. The van der Waals surface area contributed by atoms with Gasteiger partial charge in [0, 0.05) is 11.3 Å². The molecule has 1 aliphatic carbocycles. The van der Waals surface area contributed by atoms with Gasteiger partial charge in [0.15, 0.2) is 5.43 Å². The van der Waals surface area contributed by atoms with Crippen molar-refractivity contribution in [1.82, 2.24) is 4.98 Å². The average Bonchev–Trinajstić information content (AvgIpc) is 2.36. The van der Waals surface area contributed by atoms with E-state index >= 15 is 0 Å². The Labute approximate surface area is 115 Å². The van der Waals surface area contributed by atoms with Crippen LogP contribution in [0.3, 0.4) is 0 Å². The van der Waals surface area contributed by atoms with Crippen molar-refractivity contribution in [3.05, 3.63) is 43.2 Å². The number of aryl methyl sites for hydroxylation is 2. The summed E-state index contributed by atoms with van der Waals surface area (Å²) in [5.74, 6) is 0. The molecule has 4 heteroatoms. The number of pyridine rings is 1. The van der Waals surface area contributed by atoms with E-state index in [1.165, 1.54) is 0 Å². The summed E-state index contributed by atoms with van der Waals surface area (Å²) >= 11 is 12.5. The molecular formula is C14H13Cl2NO. The van der Waals surface area contributed by atoms with E-state index in [0.717, 1.165) is 42.5 Å². The lowest BCUT2D eigenvalue weighted by atomic mass is 9.94. The highest BCUT2D eigenvalue weighted by Gasteiger charge is 2.19. The maximum absolute atomic E-state index is 12.5. The van der Waals surface area contributed by atoms with Gasteiger partial charge in [-0.3, -0.25) is 4.79 Å². The molecule has 0 amide bonds. The minimum Gasteiger partial charge on any atom is -0.357 e. The van der Waals surface area contributed by atoms with E-state index in [4.69, 9.17) is 23.2 Å². The van der Waals surface area contributed by atoms with Crippen LogP contribution in [0.5, 0.6) is 0 Å². The van der Waals surface area contributed by atoms with Crippen LogP contribution in [0.2, 0.25) is 10.0 Å². The van der Waals surface area contributed by atoms with E-state index in [-0.39, 0.29) is 5.43 Å². The summed E-state index contributed by atoms with van der Waals surface area (Å²) in [6.07, 6.45) is 3.94. The lowest BCUT2D eigenvalue weighted by Gasteiger charge is -2.17. The normalized spacial score (nSPS) is 14.8. The predicted octanol–water partition coefficient (Wildman–Crippen LogP) is 4.02. The number of aromatic amines is 1. The Bertz CT molecular complexity index is 703. The fourth-order valence-corrected chi connectivity index (χ4v) is 3.22. The average molecular weight is 282 g/mol. The van der Waals surface area contributed by atoms with Crippen LogP contribution in [0.25, 0.3) is 10.9 Å². The SMILES string of the molecule is Cc1cc(Cl)c2[nH]c3c(c(=O)c2c1Cl)CCCC3. The Hall–Kier alpha value is -0.990. The number of hydrogen-bond acceptors (Lipinski definition) is 1. The van der Waals surface area contributed by atoms with Crippen molar-refractivity contribution < 1.29 is 0 Å². The van der Waals surface area contributed by atoms with Gasteiger partial charge in [-0.15, -0.1) is 0 Å². The van der Waals surface area contributed by atoms with E-state index in [1.807, 2.05) is 6.92 Å². The van der Waals surface area contributed by atoms with Gasteiger partial charge in [-0.2, -0.15) is 0 Å². The summed E-state index contributed by atoms with van der Waals surface area (Å²) in [5, 5.41) is 1.63. The molecule has 0 saturated heterocycles. The summed E-state index contributed by atoms with van der Waals surface area (Å²) in [5.41, 5.74) is 3.49. The number of halogens is 2. The summed E-state index contributed by atoms with van der Waals surface area (Å²) in [4.78, 5) is 15.8. The molecular weight excluding hydrogens is 269 g/mol. The maximum Gasteiger partial charge on any atom is 0.194 e. The molecule has 1 aromatic carbocycles. The third-order valence-corrected chi connectivity index (χ3v) is 4.43. The highest BCUT2D eigenvalue weighted by atomic mass is 35.5. The van der Waals surface area contributed by atoms with Crippen LogP contribution in [0.4, 0.5) is 0 Å². The van der Waals surface area contributed by atoms with Crippen LogP contribution in [0, 0.1) is 6.92 Å². The molecule has 0 fully saturated rings. The summed E-state index contributed by atoms with van der Waals surface area (Å²) in [6.45, 7) is 1.87. The predicted molar refractivity (Wildman–Crippen MR) is 76.0 cm³/mol. The highest BCUT2D eigenvalue weighted by molar-refractivity contribution is 6.40. The number of hydrogen-bond donors (Lipinski definition) is 1. The van der Waals surface area contributed by atoms with E-state index in [0.29, 0.717) is 20.9 Å². The quantitative estimate of drug-likeness (QED) is 0.777. The maximum atomic E-state index is 12.5. The minimum absolute atomic E-state index is 0.0500. The number of fused-ring (bicyclic) bond motifs is 2. The topological polar surface area (TPSA) is 32.9 Å². The molecule has 2 nitrogen and oxygen atoms in total. The van der Waals surface area contributed by atoms with Crippen LogP contribution in [-0.2, 0) is 12.8 Å². The number of nitrogens with one attached hydrogen (secondary N) is 1. The van der Waals surface area contributed by atoms with Gasteiger partial charge < -0.3 is 4.98 Å². The smallest absolute Gasteiger partial charge is 0.194 e. The zero-order valence-electron chi connectivity index (χ0n) is 10.1. The molecule has 3 rings (SSSR count). The van der Waals surface area contributed by atoms with Crippen molar-refractivity contribution in [3.63, 3.8) is 0 Å². The number of H-pyrrole nitrogens is 1. The second-order valence-electron chi connectivity index (χ2n) is 4.86. The van der Waals surface area contributed by atoms with Gasteiger partial charge in [0.1, 0.15) is 0 Å². The first-order chi connectivity index (χ1) is 8.59. The lowest BCUT2D eigenvalue weighted by Crippen LogP contribution is -2.19. The fraction of sp³-hybridized carbons (Fsp3) is 0.357. The van der Waals surface area contributed by atoms with Gasteiger partial charge >= 0.3 is 0 Å². The van der Waals surface area contributed by atoms with E-state index in [1.54, 1.807) is 6.07 Å². The Morgan fingerprint density at radius 1 is 1.22 bits per heavy atom. The van der Waals surface area contributed by atoms with E-state index in [2.05, 4.69) is 4.98 Å². The molecule has 18 heavy (non-hydrogen) atoms. The Balaban J connectivity index is 2.50. The molecule has 0 radical (unpaired) electrons. The molecule has 1 N–H and O–H groups in total. The van der Waals surface area contributed by atoms with Crippen LogP contribution >= 0.6 is 23.2 Å². The molecule has 1 aliphatic rings. The monoisotopic (exact) mass is 281 g/mol. The van der Waals surface area contributed by atoms with Gasteiger partial charge in [0.05, 0.1) is 20.9 Å². The van der Waals surface area contributed by atoms with Gasteiger partial charge in [0.2, 0.25) is 0 Å². The molecule has 0 atom stereocenters. The summed E-state index contributed by atoms with van der Waals surface area (Å²) < 4.78 is 0. The second-order valence-corrected chi connectivity index (χ2v) is 5.64. The van der Waals surface area contributed by atoms with Crippen LogP contribution in [0.1, 0.15) is 29.7 Å². The molecule has 0 saturated carbocycles. The molecule has 1 aromatic heterocycles. The second kappa shape index (κ2) is 4.29. The summed E-state index contributed by atoms with van der Waals surface area (Å²) in [6, 6.07) is 1.80.